The van der Waals surface area contributed by atoms with Crippen molar-refractivity contribution in [2.24, 2.45) is 0 Å². The first-order chi connectivity index (χ1) is 11.2. The van der Waals surface area contributed by atoms with E-state index in [2.05, 4.69) is 15.6 Å². The molecular formula is C17H20FN3O2. The fraction of sp³-hybridized carbons (Fsp3) is 0.294. The van der Waals surface area contributed by atoms with Crippen LogP contribution in [0.5, 0.6) is 0 Å². The van der Waals surface area contributed by atoms with E-state index in [1.54, 1.807) is 37.6 Å². The summed E-state index contributed by atoms with van der Waals surface area (Å²) in [6, 6.07) is 9.74. The molecule has 0 spiro atoms. The number of hydrogen-bond acceptors (Lipinski definition) is 4. The highest BCUT2D eigenvalue weighted by atomic mass is 19.1. The SMILES string of the molecule is COCCCNC(=O)c1ccc(NCc2ccc(F)cc2)cn1. The predicted octanol–water partition coefficient (Wildman–Crippen LogP) is 2.60. The third-order valence-electron chi connectivity index (χ3n) is 3.22. The number of pyridine rings is 1. The predicted molar refractivity (Wildman–Crippen MR) is 86.8 cm³/mol. The van der Waals surface area contributed by atoms with Gasteiger partial charge in [0.05, 0.1) is 11.9 Å². The molecule has 2 rings (SSSR count). The van der Waals surface area contributed by atoms with Crippen molar-refractivity contribution in [2.75, 3.05) is 25.6 Å². The maximum atomic E-state index is 12.8. The van der Waals surface area contributed by atoms with Gasteiger partial charge in [-0.3, -0.25) is 4.79 Å². The van der Waals surface area contributed by atoms with Crippen molar-refractivity contribution in [2.45, 2.75) is 13.0 Å². The first-order valence-electron chi connectivity index (χ1n) is 7.40. The van der Waals surface area contributed by atoms with Crippen molar-refractivity contribution >= 4 is 11.6 Å². The lowest BCUT2D eigenvalue weighted by Crippen LogP contribution is -2.26. The Morgan fingerprint density at radius 3 is 2.65 bits per heavy atom. The van der Waals surface area contributed by atoms with E-state index in [1.165, 1.54) is 12.1 Å². The van der Waals surface area contributed by atoms with Crippen molar-refractivity contribution in [3.63, 3.8) is 0 Å². The number of aromatic nitrogens is 1. The largest absolute Gasteiger partial charge is 0.385 e. The van der Waals surface area contributed by atoms with Gasteiger partial charge in [0.2, 0.25) is 0 Å². The highest BCUT2D eigenvalue weighted by Crippen LogP contribution is 2.09. The standard InChI is InChI=1S/C17H20FN3O2/c1-23-10-2-9-19-17(22)16-8-7-15(12-21-16)20-11-13-3-5-14(18)6-4-13/h3-8,12,20H,2,9-11H2,1H3,(H,19,22). The van der Waals surface area contributed by atoms with E-state index < -0.39 is 0 Å². The summed E-state index contributed by atoms with van der Waals surface area (Å²) >= 11 is 0. The lowest BCUT2D eigenvalue weighted by Gasteiger charge is -2.08. The van der Waals surface area contributed by atoms with Crippen LogP contribution < -0.4 is 10.6 Å². The number of carbonyl (C=O) groups excluding carboxylic acids is 1. The van der Waals surface area contributed by atoms with Gasteiger partial charge >= 0.3 is 0 Å². The Morgan fingerprint density at radius 2 is 2.00 bits per heavy atom. The average molecular weight is 317 g/mol. The molecule has 5 nitrogen and oxygen atoms in total. The molecule has 122 valence electrons. The number of amides is 1. The first kappa shape index (κ1) is 16.9. The summed E-state index contributed by atoms with van der Waals surface area (Å²) in [5, 5.41) is 5.95. The summed E-state index contributed by atoms with van der Waals surface area (Å²) in [6.45, 7) is 1.73. The van der Waals surface area contributed by atoms with Gasteiger partial charge in [-0.25, -0.2) is 9.37 Å². The Hall–Kier alpha value is -2.47. The first-order valence-corrected chi connectivity index (χ1v) is 7.40. The van der Waals surface area contributed by atoms with Crippen LogP contribution in [0.15, 0.2) is 42.6 Å². The molecule has 0 unspecified atom stereocenters. The summed E-state index contributed by atoms with van der Waals surface area (Å²) in [4.78, 5) is 16.0. The van der Waals surface area contributed by atoms with Gasteiger partial charge in [-0.15, -0.1) is 0 Å². The summed E-state index contributed by atoms with van der Waals surface area (Å²) < 4.78 is 17.7. The summed E-state index contributed by atoms with van der Waals surface area (Å²) in [5.74, 6) is -0.456. The highest BCUT2D eigenvalue weighted by molar-refractivity contribution is 5.92. The van der Waals surface area contributed by atoms with E-state index in [4.69, 9.17) is 4.74 Å². The van der Waals surface area contributed by atoms with Gasteiger partial charge in [-0.05, 0) is 36.2 Å². The van der Waals surface area contributed by atoms with Crippen LogP contribution in [-0.4, -0.2) is 31.2 Å². The molecule has 0 bridgehead atoms. The monoisotopic (exact) mass is 317 g/mol. The van der Waals surface area contributed by atoms with Crippen molar-refractivity contribution in [1.82, 2.24) is 10.3 Å². The van der Waals surface area contributed by atoms with Crippen LogP contribution in [0, 0.1) is 5.82 Å². The molecule has 0 saturated carbocycles. The molecule has 2 aromatic rings. The lowest BCUT2D eigenvalue weighted by molar-refractivity contribution is 0.0943. The molecule has 0 atom stereocenters. The second-order valence-electron chi connectivity index (χ2n) is 5.01. The van der Waals surface area contributed by atoms with Gasteiger partial charge in [0.1, 0.15) is 11.5 Å². The van der Waals surface area contributed by atoms with Crippen LogP contribution in [-0.2, 0) is 11.3 Å². The molecular weight excluding hydrogens is 297 g/mol. The van der Waals surface area contributed by atoms with Gasteiger partial charge in [0, 0.05) is 26.8 Å². The molecule has 1 amide bonds. The number of nitrogens with zero attached hydrogens (tertiary/aromatic N) is 1. The third-order valence-corrected chi connectivity index (χ3v) is 3.22. The Bertz CT molecular complexity index is 615. The van der Waals surface area contributed by atoms with Crippen LogP contribution in [0.3, 0.4) is 0 Å². The molecule has 1 heterocycles. The summed E-state index contributed by atoms with van der Waals surface area (Å²) in [7, 11) is 1.63. The van der Waals surface area contributed by atoms with Gasteiger partial charge in [-0.1, -0.05) is 12.1 Å². The van der Waals surface area contributed by atoms with Crippen molar-refractivity contribution in [1.29, 1.82) is 0 Å². The molecule has 23 heavy (non-hydrogen) atoms. The number of methoxy groups -OCH3 is 1. The van der Waals surface area contributed by atoms with Crippen LogP contribution in [0.4, 0.5) is 10.1 Å². The minimum Gasteiger partial charge on any atom is -0.385 e. The molecule has 1 aromatic carbocycles. The normalized spacial score (nSPS) is 10.3. The van der Waals surface area contributed by atoms with Crippen molar-refractivity contribution in [3.8, 4) is 0 Å². The van der Waals surface area contributed by atoms with Gasteiger partial charge in [0.15, 0.2) is 0 Å². The topological polar surface area (TPSA) is 63.2 Å². The van der Waals surface area contributed by atoms with E-state index in [-0.39, 0.29) is 11.7 Å². The molecule has 6 heteroatoms. The molecule has 0 aliphatic carbocycles. The number of ether oxygens (including phenoxy) is 1. The molecule has 2 N–H and O–H groups in total. The summed E-state index contributed by atoms with van der Waals surface area (Å²) in [6.07, 6.45) is 2.37. The Kier molecular flexibility index (Phi) is 6.50. The molecule has 1 aromatic heterocycles. The second-order valence-corrected chi connectivity index (χ2v) is 5.01. The molecule has 0 radical (unpaired) electrons. The van der Waals surface area contributed by atoms with E-state index in [0.29, 0.717) is 25.4 Å². The van der Waals surface area contributed by atoms with E-state index in [1.807, 2.05) is 0 Å². The number of hydrogen-bond donors (Lipinski definition) is 2. The average Bonchev–Trinajstić information content (AvgIpc) is 2.58. The molecule has 0 fully saturated rings. The molecule has 0 saturated heterocycles. The van der Waals surface area contributed by atoms with Gasteiger partial charge < -0.3 is 15.4 Å². The van der Waals surface area contributed by atoms with Gasteiger partial charge in [0.25, 0.3) is 5.91 Å². The Labute approximate surface area is 134 Å². The number of nitrogens with one attached hydrogen (secondary N) is 2. The quantitative estimate of drug-likeness (QED) is 0.735. The van der Waals surface area contributed by atoms with E-state index >= 15 is 0 Å². The fourth-order valence-corrected chi connectivity index (χ4v) is 1.95. The highest BCUT2D eigenvalue weighted by Gasteiger charge is 2.06. The Balaban J connectivity index is 1.81. The van der Waals surface area contributed by atoms with Crippen LogP contribution in [0.2, 0.25) is 0 Å². The molecule has 0 aliphatic heterocycles. The second kappa shape index (κ2) is 8.85. The lowest BCUT2D eigenvalue weighted by atomic mass is 10.2. The molecule has 0 aliphatic rings. The van der Waals surface area contributed by atoms with E-state index in [9.17, 15) is 9.18 Å². The maximum absolute atomic E-state index is 12.8. The zero-order chi connectivity index (χ0) is 16.5. The number of carbonyl (C=O) groups is 1. The van der Waals surface area contributed by atoms with E-state index in [0.717, 1.165) is 17.7 Å². The van der Waals surface area contributed by atoms with Crippen LogP contribution in [0.25, 0.3) is 0 Å². The van der Waals surface area contributed by atoms with Crippen LogP contribution in [0.1, 0.15) is 22.5 Å². The Morgan fingerprint density at radius 1 is 1.22 bits per heavy atom. The number of halogens is 1. The zero-order valence-corrected chi connectivity index (χ0v) is 13.0. The number of rotatable bonds is 8. The third kappa shape index (κ3) is 5.67. The van der Waals surface area contributed by atoms with Crippen molar-refractivity contribution in [3.05, 3.63) is 59.7 Å². The van der Waals surface area contributed by atoms with Crippen LogP contribution >= 0.6 is 0 Å². The fourth-order valence-electron chi connectivity index (χ4n) is 1.95. The minimum atomic E-state index is -0.253. The maximum Gasteiger partial charge on any atom is 0.269 e. The van der Waals surface area contributed by atoms with Crippen molar-refractivity contribution < 1.29 is 13.9 Å². The van der Waals surface area contributed by atoms with Gasteiger partial charge in [-0.2, -0.15) is 0 Å². The summed E-state index contributed by atoms with van der Waals surface area (Å²) in [5.41, 5.74) is 2.13. The number of anilines is 1. The smallest absolute Gasteiger partial charge is 0.269 e. The zero-order valence-electron chi connectivity index (χ0n) is 13.0. The number of benzene rings is 1. The minimum absolute atomic E-state index is 0.203.